The fraction of sp³-hybridized carbons (Fsp3) is 0.278. The van der Waals surface area contributed by atoms with E-state index in [0.29, 0.717) is 40.8 Å². The highest BCUT2D eigenvalue weighted by Crippen LogP contribution is 2.28. The van der Waals surface area contributed by atoms with E-state index in [0.717, 1.165) is 5.56 Å². The largest absolute Gasteiger partial charge is 0.497 e. The number of benzene rings is 2. The summed E-state index contributed by atoms with van der Waals surface area (Å²) in [4.78, 5) is 12.2. The predicted molar refractivity (Wildman–Crippen MR) is 94.5 cm³/mol. The molecule has 0 atom stereocenters. The molecule has 5 nitrogen and oxygen atoms in total. The van der Waals surface area contributed by atoms with E-state index in [9.17, 15) is 4.79 Å². The number of ether oxygens (including phenoxy) is 3. The van der Waals surface area contributed by atoms with Crippen molar-refractivity contribution in [2.24, 2.45) is 0 Å². The molecule has 6 heteroatoms. The van der Waals surface area contributed by atoms with E-state index in [1.165, 1.54) is 0 Å². The molecule has 0 aliphatic carbocycles. The molecular formula is C18H20ClNO4. The molecular weight excluding hydrogens is 330 g/mol. The first-order valence-corrected chi connectivity index (χ1v) is 7.79. The van der Waals surface area contributed by atoms with E-state index >= 15 is 0 Å². The molecule has 0 aromatic heterocycles. The van der Waals surface area contributed by atoms with Gasteiger partial charge in [0, 0.05) is 17.5 Å². The van der Waals surface area contributed by atoms with Gasteiger partial charge < -0.3 is 19.5 Å². The fourth-order valence-electron chi connectivity index (χ4n) is 2.26. The van der Waals surface area contributed by atoms with Crippen molar-refractivity contribution < 1.29 is 19.0 Å². The number of methoxy groups -OCH3 is 3. The number of hydrogen-bond acceptors (Lipinski definition) is 4. The Labute approximate surface area is 146 Å². The molecule has 0 unspecified atom stereocenters. The SMILES string of the molecule is COc1cc(CCC(=O)Nc2cc(Cl)ccc2OC)cc(OC)c1. The second-order valence-electron chi connectivity index (χ2n) is 5.11. The molecule has 0 heterocycles. The van der Waals surface area contributed by atoms with Gasteiger partial charge in [0.25, 0.3) is 0 Å². The highest BCUT2D eigenvalue weighted by atomic mass is 35.5. The normalized spacial score (nSPS) is 10.2. The summed E-state index contributed by atoms with van der Waals surface area (Å²) >= 11 is 5.96. The molecule has 2 rings (SSSR count). The number of anilines is 1. The topological polar surface area (TPSA) is 56.8 Å². The molecule has 0 fully saturated rings. The summed E-state index contributed by atoms with van der Waals surface area (Å²) in [6.45, 7) is 0. The number of nitrogens with one attached hydrogen (secondary N) is 1. The molecule has 0 saturated heterocycles. The van der Waals surface area contributed by atoms with Crippen LogP contribution in [0.1, 0.15) is 12.0 Å². The minimum absolute atomic E-state index is 0.127. The zero-order chi connectivity index (χ0) is 17.5. The summed E-state index contributed by atoms with van der Waals surface area (Å²) in [5.41, 5.74) is 1.51. The Morgan fingerprint density at radius 1 is 1.00 bits per heavy atom. The van der Waals surface area contributed by atoms with Crippen LogP contribution in [0.4, 0.5) is 5.69 Å². The fourth-order valence-corrected chi connectivity index (χ4v) is 2.43. The zero-order valence-electron chi connectivity index (χ0n) is 13.9. The zero-order valence-corrected chi connectivity index (χ0v) is 14.6. The Bertz CT molecular complexity index is 696. The number of halogens is 1. The van der Waals surface area contributed by atoms with Gasteiger partial charge in [-0.15, -0.1) is 0 Å². The summed E-state index contributed by atoms with van der Waals surface area (Å²) in [6.07, 6.45) is 0.869. The minimum atomic E-state index is -0.127. The maximum atomic E-state index is 12.2. The van der Waals surface area contributed by atoms with Gasteiger partial charge in [-0.25, -0.2) is 0 Å². The second-order valence-corrected chi connectivity index (χ2v) is 5.55. The van der Waals surface area contributed by atoms with E-state index in [-0.39, 0.29) is 5.91 Å². The van der Waals surface area contributed by atoms with Crippen LogP contribution in [0.15, 0.2) is 36.4 Å². The van der Waals surface area contributed by atoms with Crippen LogP contribution in [0.2, 0.25) is 5.02 Å². The molecule has 0 aliphatic rings. The summed E-state index contributed by atoms with van der Waals surface area (Å²) in [7, 11) is 4.73. The molecule has 0 spiro atoms. The van der Waals surface area contributed by atoms with E-state index in [1.807, 2.05) is 12.1 Å². The second kappa shape index (κ2) is 8.45. The third-order valence-corrected chi connectivity index (χ3v) is 3.72. The van der Waals surface area contributed by atoms with E-state index < -0.39 is 0 Å². The van der Waals surface area contributed by atoms with Crippen molar-refractivity contribution in [3.05, 3.63) is 47.0 Å². The predicted octanol–water partition coefficient (Wildman–Crippen LogP) is 3.94. The minimum Gasteiger partial charge on any atom is -0.497 e. The Kier molecular flexibility index (Phi) is 6.32. The standard InChI is InChI=1S/C18H20ClNO4/c1-22-14-8-12(9-15(11-14)23-2)4-7-18(21)20-16-10-13(19)5-6-17(16)24-3/h5-6,8-11H,4,7H2,1-3H3,(H,20,21). The van der Waals surface area contributed by atoms with Crippen LogP contribution in [0, 0.1) is 0 Å². The lowest BCUT2D eigenvalue weighted by molar-refractivity contribution is -0.116. The van der Waals surface area contributed by atoms with Gasteiger partial charge in [0.15, 0.2) is 0 Å². The van der Waals surface area contributed by atoms with E-state index in [4.69, 9.17) is 25.8 Å². The molecule has 2 aromatic carbocycles. The summed E-state index contributed by atoms with van der Waals surface area (Å²) < 4.78 is 15.7. The number of hydrogen-bond donors (Lipinski definition) is 1. The van der Waals surface area contributed by atoms with Crippen molar-refractivity contribution in [1.29, 1.82) is 0 Å². The van der Waals surface area contributed by atoms with Gasteiger partial charge in [0.05, 0.1) is 27.0 Å². The first kappa shape index (κ1) is 17.9. The molecule has 0 radical (unpaired) electrons. The number of carbonyl (C=O) groups is 1. The van der Waals surface area contributed by atoms with Crippen molar-refractivity contribution >= 4 is 23.2 Å². The molecule has 2 aromatic rings. The summed E-state index contributed by atoms with van der Waals surface area (Å²) in [5.74, 6) is 1.83. The van der Waals surface area contributed by atoms with Crippen molar-refractivity contribution in [3.8, 4) is 17.2 Å². The van der Waals surface area contributed by atoms with Gasteiger partial charge in [0.2, 0.25) is 5.91 Å². The van der Waals surface area contributed by atoms with Gasteiger partial charge in [-0.05, 0) is 42.3 Å². The first-order chi connectivity index (χ1) is 11.5. The molecule has 0 saturated carbocycles. The Morgan fingerprint density at radius 2 is 1.67 bits per heavy atom. The highest BCUT2D eigenvalue weighted by Gasteiger charge is 2.10. The number of rotatable bonds is 7. The van der Waals surface area contributed by atoms with Crippen LogP contribution in [0.25, 0.3) is 0 Å². The number of carbonyl (C=O) groups excluding carboxylic acids is 1. The van der Waals surface area contributed by atoms with Crippen molar-refractivity contribution in [2.75, 3.05) is 26.6 Å². The molecule has 24 heavy (non-hydrogen) atoms. The lowest BCUT2D eigenvalue weighted by atomic mass is 10.1. The van der Waals surface area contributed by atoms with Gasteiger partial charge >= 0.3 is 0 Å². The lowest BCUT2D eigenvalue weighted by Gasteiger charge is -2.11. The molecule has 0 bridgehead atoms. The Balaban J connectivity index is 2.02. The average Bonchev–Trinajstić information content (AvgIpc) is 2.59. The van der Waals surface area contributed by atoms with Crippen LogP contribution in [0.5, 0.6) is 17.2 Å². The third-order valence-electron chi connectivity index (χ3n) is 3.49. The van der Waals surface area contributed by atoms with Crippen LogP contribution in [-0.4, -0.2) is 27.2 Å². The van der Waals surface area contributed by atoms with Crippen LogP contribution in [0.3, 0.4) is 0 Å². The van der Waals surface area contributed by atoms with Gasteiger partial charge in [-0.1, -0.05) is 11.6 Å². The quantitative estimate of drug-likeness (QED) is 0.822. The van der Waals surface area contributed by atoms with Crippen LogP contribution in [-0.2, 0) is 11.2 Å². The van der Waals surface area contributed by atoms with Gasteiger partial charge in [-0.3, -0.25) is 4.79 Å². The maximum absolute atomic E-state index is 12.2. The maximum Gasteiger partial charge on any atom is 0.224 e. The number of amides is 1. The van der Waals surface area contributed by atoms with Crippen LogP contribution >= 0.6 is 11.6 Å². The van der Waals surface area contributed by atoms with Crippen LogP contribution < -0.4 is 19.5 Å². The monoisotopic (exact) mass is 349 g/mol. The summed E-state index contributed by atoms with van der Waals surface area (Å²) in [6, 6.07) is 10.6. The molecule has 1 N–H and O–H groups in total. The molecule has 128 valence electrons. The van der Waals surface area contributed by atoms with Crippen molar-refractivity contribution in [2.45, 2.75) is 12.8 Å². The molecule has 0 aliphatic heterocycles. The van der Waals surface area contributed by atoms with E-state index in [2.05, 4.69) is 5.32 Å². The van der Waals surface area contributed by atoms with Crippen molar-refractivity contribution in [1.82, 2.24) is 0 Å². The third kappa shape index (κ3) is 4.80. The lowest BCUT2D eigenvalue weighted by Crippen LogP contribution is -2.13. The Hall–Kier alpha value is -2.40. The highest BCUT2D eigenvalue weighted by molar-refractivity contribution is 6.31. The van der Waals surface area contributed by atoms with Gasteiger partial charge in [0.1, 0.15) is 17.2 Å². The average molecular weight is 350 g/mol. The molecule has 1 amide bonds. The smallest absolute Gasteiger partial charge is 0.224 e. The Morgan fingerprint density at radius 3 is 2.25 bits per heavy atom. The van der Waals surface area contributed by atoms with E-state index in [1.54, 1.807) is 45.6 Å². The van der Waals surface area contributed by atoms with Gasteiger partial charge in [-0.2, -0.15) is 0 Å². The summed E-state index contributed by atoms with van der Waals surface area (Å²) in [5, 5.41) is 3.35. The first-order valence-electron chi connectivity index (χ1n) is 7.41. The van der Waals surface area contributed by atoms with Crippen molar-refractivity contribution in [3.63, 3.8) is 0 Å². The number of aryl methyl sites for hydroxylation is 1.